The molecule has 0 aliphatic carbocycles. The van der Waals surface area contributed by atoms with E-state index in [9.17, 15) is 4.79 Å². The number of carbonyl (C=O) groups excluding carboxylic acids is 1. The highest BCUT2D eigenvalue weighted by atomic mass is 16.5. The molecule has 1 aliphatic heterocycles. The highest BCUT2D eigenvalue weighted by Gasteiger charge is 2.17. The Labute approximate surface area is 147 Å². The number of para-hydroxylation sites is 1. The van der Waals surface area contributed by atoms with Crippen molar-refractivity contribution in [2.45, 2.75) is 38.6 Å². The second kappa shape index (κ2) is 8.00. The summed E-state index contributed by atoms with van der Waals surface area (Å²) >= 11 is 0. The number of benzene rings is 1. The van der Waals surface area contributed by atoms with E-state index in [1.165, 1.54) is 20.0 Å². The van der Waals surface area contributed by atoms with Crippen LogP contribution in [-0.4, -0.2) is 41.4 Å². The van der Waals surface area contributed by atoms with Gasteiger partial charge < -0.3 is 19.4 Å². The van der Waals surface area contributed by atoms with Gasteiger partial charge >= 0.3 is 0 Å². The van der Waals surface area contributed by atoms with Crippen molar-refractivity contribution in [2.24, 2.45) is 0 Å². The van der Waals surface area contributed by atoms with E-state index in [-0.39, 0.29) is 5.91 Å². The minimum Gasteiger partial charge on any atom is -0.493 e. The number of nitrogens with one attached hydrogen (secondary N) is 1. The van der Waals surface area contributed by atoms with Crippen LogP contribution in [0.5, 0.6) is 11.5 Å². The van der Waals surface area contributed by atoms with E-state index in [0.29, 0.717) is 30.0 Å². The SMILES string of the molecule is COc1cccc(C(=O)NCCc2nnc3n2CCCCC3)c1OC. The molecule has 1 N–H and O–H groups in total. The topological polar surface area (TPSA) is 78.3 Å². The molecular weight excluding hydrogens is 320 g/mol. The number of hydrogen-bond acceptors (Lipinski definition) is 5. The molecule has 0 radical (unpaired) electrons. The van der Waals surface area contributed by atoms with Gasteiger partial charge in [-0.05, 0) is 25.0 Å². The fraction of sp³-hybridized carbons (Fsp3) is 0.500. The lowest BCUT2D eigenvalue weighted by molar-refractivity contribution is 0.0950. The first-order valence-electron chi connectivity index (χ1n) is 8.64. The Hall–Kier alpha value is -2.57. The molecule has 1 aromatic carbocycles. The van der Waals surface area contributed by atoms with Gasteiger partial charge in [-0.15, -0.1) is 10.2 Å². The van der Waals surface area contributed by atoms with Gasteiger partial charge in [-0.25, -0.2) is 0 Å². The molecule has 0 unspecified atom stereocenters. The van der Waals surface area contributed by atoms with Gasteiger partial charge in [-0.3, -0.25) is 4.79 Å². The number of ether oxygens (including phenoxy) is 2. The van der Waals surface area contributed by atoms with Crippen molar-refractivity contribution in [3.8, 4) is 11.5 Å². The molecule has 1 amide bonds. The predicted molar refractivity (Wildman–Crippen MR) is 93.2 cm³/mol. The molecule has 2 heterocycles. The Morgan fingerprint density at radius 2 is 2.08 bits per heavy atom. The number of amides is 1. The predicted octanol–water partition coefficient (Wildman–Crippen LogP) is 1.99. The molecule has 134 valence electrons. The summed E-state index contributed by atoms with van der Waals surface area (Å²) < 4.78 is 12.8. The number of nitrogens with zero attached hydrogens (tertiary/aromatic N) is 3. The first-order valence-corrected chi connectivity index (χ1v) is 8.64. The quantitative estimate of drug-likeness (QED) is 0.867. The van der Waals surface area contributed by atoms with Crippen LogP contribution in [0.2, 0.25) is 0 Å². The van der Waals surface area contributed by atoms with Crippen molar-refractivity contribution in [1.29, 1.82) is 0 Å². The third-order valence-electron chi connectivity index (χ3n) is 4.47. The third kappa shape index (κ3) is 3.75. The lowest BCUT2D eigenvalue weighted by Gasteiger charge is -2.12. The molecule has 0 spiro atoms. The van der Waals surface area contributed by atoms with Crippen molar-refractivity contribution in [3.63, 3.8) is 0 Å². The Morgan fingerprint density at radius 3 is 2.88 bits per heavy atom. The van der Waals surface area contributed by atoms with Crippen molar-refractivity contribution >= 4 is 5.91 Å². The highest BCUT2D eigenvalue weighted by molar-refractivity contribution is 5.97. The van der Waals surface area contributed by atoms with Crippen molar-refractivity contribution < 1.29 is 14.3 Å². The zero-order valence-electron chi connectivity index (χ0n) is 14.7. The second-order valence-corrected chi connectivity index (χ2v) is 6.04. The summed E-state index contributed by atoms with van der Waals surface area (Å²) in [6.07, 6.45) is 5.20. The zero-order valence-corrected chi connectivity index (χ0v) is 14.7. The summed E-state index contributed by atoms with van der Waals surface area (Å²) in [5.41, 5.74) is 0.460. The number of hydrogen-bond donors (Lipinski definition) is 1. The van der Waals surface area contributed by atoms with Gasteiger partial charge in [0.15, 0.2) is 11.5 Å². The van der Waals surface area contributed by atoms with E-state index >= 15 is 0 Å². The summed E-state index contributed by atoms with van der Waals surface area (Å²) in [6.45, 7) is 1.46. The van der Waals surface area contributed by atoms with Gasteiger partial charge in [0.1, 0.15) is 11.6 Å². The number of carbonyl (C=O) groups is 1. The normalized spacial score (nSPS) is 13.7. The minimum absolute atomic E-state index is 0.189. The van der Waals surface area contributed by atoms with Crippen molar-refractivity contribution in [3.05, 3.63) is 35.4 Å². The van der Waals surface area contributed by atoms with E-state index < -0.39 is 0 Å². The van der Waals surface area contributed by atoms with E-state index in [2.05, 4.69) is 20.1 Å². The van der Waals surface area contributed by atoms with Crippen molar-refractivity contribution in [2.75, 3.05) is 20.8 Å². The standard InChI is InChI=1S/C18H24N4O3/c1-24-14-8-6-7-13(17(14)25-2)18(23)19-11-10-16-21-20-15-9-4-3-5-12-22(15)16/h6-8H,3-5,9-12H2,1-2H3,(H,19,23). The van der Waals surface area contributed by atoms with Gasteiger partial charge in [0.25, 0.3) is 5.91 Å². The number of rotatable bonds is 6. The Bertz CT molecular complexity index is 742. The van der Waals surface area contributed by atoms with Crippen LogP contribution in [0.25, 0.3) is 0 Å². The molecule has 7 heteroatoms. The largest absolute Gasteiger partial charge is 0.493 e. The molecule has 25 heavy (non-hydrogen) atoms. The molecule has 1 aromatic heterocycles. The number of aromatic nitrogens is 3. The van der Waals surface area contributed by atoms with Crippen LogP contribution in [0.15, 0.2) is 18.2 Å². The lowest BCUT2D eigenvalue weighted by atomic mass is 10.1. The van der Waals surface area contributed by atoms with Gasteiger partial charge in [-0.2, -0.15) is 0 Å². The highest BCUT2D eigenvalue weighted by Crippen LogP contribution is 2.30. The monoisotopic (exact) mass is 344 g/mol. The molecule has 0 bridgehead atoms. The number of methoxy groups -OCH3 is 2. The minimum atomic E-state index is -0.189. The third-order valence-corrected chi connectivity index (χ3v) is 4.47. The van der Waals surface area contributed by atoms with Gasteiger partial charge in [0, 0.05) is 25.9 Å². The molecule has 3 rings (SSSR count). The fourth-order valence-electron chi connectivity index (χ4n) is 3.18. The average Bonchev–Trinajstić information content (AvgIpc) is 2.87. The van der Waals surface area contributed by atoms with Crippen LogP contribution in [-0.2, 0) is 19.4 Å². The summed E-state index contributed by atoms with van der Waals surface area (Å²) in [4.78, 5) is 12.5. The van der Waals surface area contributed by atoms with Gasteiger partial charge in [-0.1, -0.05) is 12.5 Å². The van der Waals surface area contributed by atoms with Crippen molar-refractivity contribution in [1.82, 2.24) is 20.1 Å². The number of fused-ring (bicyclic) bond motifs is 1. The van der Waals surface area contributed by atoms with Crippen LogP contribution >= 0.6 is 0 Å². The Balaban J connectivity index is 1.63. The van der Waals surface area contributed by atoms with Crippen LogP contribution in [0.3, 0.4) is 0 Å². The van der Waals surface area contributed by atoms with E-state index in [4.69, 9.17) is 9.47 Å². The summed E-state index contributed by atoms with van der Waals surface area (Å²) in [6, 6.07) is 5.26. The maximum Gasteiger partial charge on any atom is 0.255 e. The van der Waals surface area contributed by atoms with Crippen LogP contribution < -0.4 is 14.8 Å². The van der Waals surface area contributed by atoms with Gasteiger partial charge in [0.05, 0.1) is 19.8 Å². The molecular formula is C18H24N4O3. The fourth-order valence-corrected chi connectivity index (χ4v) is 3.18. The molecule has 0 saturated carbocycles. The smallest absolute Gasteiger partial charge is 0.255 e. The first-order chi connectivity index (χ1) is 12.2. The van der Waals surface area contributed by atoms with E-state index in [0.717, 1.165) is 31.0 Å². The average molecular weight is 344 g/mol. The Morgan fingerprint density at radius 1 is 1.20 bits per heavy atom. The Kier molecular flexibility index (Phi) is 5.53. The van der Waals surface area contributed by atoms with Crippen LogP contribution in [0.4, 0.5) is 0 Å². The van der Waals surface area contributed by atoms with Crippen LogP contribution in [0, 0.1) is 0 Å². The van der Waals surface area contributed by atoms with Gasteiger partial charge in [0.2, 0.25) is 0 Å². The summed E-state index contributed by atoms with van der Waals surface area (Å²) in [5, 5.41) is 11.5. The zero-order chi connectivity index (χ0) is 17.6. The number of aryl methyl sites for hydroxylation is 1. The first kappa shape index (κ1) is 17.3. The lowest BCUT2D eigenvalue weighted by Crippen LogP contribution is -2.27. The van der Waals surface area contributed by atoms with E-state index in [1.54, 1.807) is 25.3 Å². The second-order valence-electron chi connectivity index (χ2n) is 6.04. The van der Waals surface area contributed by atoms with E-state index in [1.807, 2.05) is 0 Å². The molecule has 7 nitrogen and oxygen atoms in total. The summed E-state index contributed by atoms with van der Waals surface area (Å²) in [7, 11) is 3.08. The molecule has 0 saturated heterocycles. The molecule has 1 aliphatic rings. The molecule has 0 atom stereocenters. The maximum absolute atomic E-state index is 12.5. The summed E-state index contributed by atoms with van der Waals surface area (Å²) in [5.74, 6) is 2.80. The molecule has 2 aromatic rings. The molecule has 0 fully saturated rings. The van der Waals surface area contributed by atoms with Crippen LogP contribution in [0.1, 0.15) is 41.3 Å². The maximum atomic E-state index is 12.5.